The van der Waals surface area contributed by atoms with E-state index in [9.17, 15) is 30.7 Å². The molecule has 3 rings (SSSR count). The zero-order chi connectivity index (χ0) is 33.6. The zero-order valence-corrected chi connectivity index (χ0v) is 29.5. The zero-order valence-electron chi connectivity index (χ0n) is 26.2. The van der Waals surface area contributed by atoms with Gasteiger partial charge in [-0.25, -0.2) is 9.97 Å². The minimum absolute atomic E-state index is 0.00812. The summed E-state index contributed by atoms with van der Waals surface area (Å²) in [4.78, 5) is 32.2. The smallest absolute Gasteiger partial charge is 0.265 e. The predicted molar refractivity (Wildman–Crippen MR) is 174 cm³/mol. The Bertz CT molecular complexity index is 1420. The summed E-state index contributed by atoms with van der Waals surface area (Å²) in [6, 6.07) is 0. The van der Waals surface area contributed by atoms with E-state index in [4.69, 9.17) is 9.47 Å². The Kier molecular flexibility index (Phi) is 12.7. The summed E-state index contributed by atoms with van der Waals surface area (Å²) < 4.78 is 76.6. The molecule has 0 aromatic carbocycles. The van der Waals surface area contributed by atoms with Gasteiger partial charge >= 0.3 is 0 Å². The van der Waals surface area contributed by atoms with Crippen molar-refractivity contribution in [1.29, 1.82) is 0 Å². The van der Waals surface area contributed by atoms with Crippen molar-refractivity contribution < 1.29 is 40.2 Å². The normalized spacial score (nSPS) is 19.6. The molecule has 0 spiro atoms. The second kappa shape index (κ2) is 15.2. The number of ketones is 1. The van der Waals surface area contributed by atoms with Crippen LogP contribution in [-0.4, -0.2) is 85.9 Å². The molecule has 2 aromatic heterocycles. The van der Waals surface area contributed by atoms with Gasteiger partial charge in [0.15, 0.2) is 0 Å². The summed E-state index contributed by atoms with van der Waals surface area (Å²) in [5.74, 6) is -1.83. The summed E-state index contributed by atoms with van der Waals surface area (Å²) >= 11 is 2.39. The Morgan fingerprint density at radius 2 is 1.13 bits per heavy atom. The van der Waals surface area contributed by atoms with Crippen molar-refractivity contribution in [3.05, 3.63) is 36.2 Å². The van der Waals surface area contributed by atoms with E-state index in [0.29, 0.717) is 30.7 Å². The first kappa shape index (κ1) is 37.4. The third-order valence-electron chi connectivity index (χ3n) is 6.44. The summed E-state index contributed by atoms with van der Waals surface area (Å²) in [6.07, 6.45) is 7.60. The van der Waals surface area contributed by atoms with E-state index in [-0.39, 0.29) is 29.0 Å². The van der Waals surface area contributed by atoms with Crippen LogP contribution in [0.1, 0.15) is 82.7 Å². The van der Waals surface area contributed by atoms with Gasteiger partial charge in [-0.15, -0.1) is 0 Å². The molecule has 1 saturated carbocycles. The maximum absolute atomic E-state index is 14.4. The lowest BCUT2D eigenvalue weighted by molar-refractivity contribution is -0.129. The van der Waals surface area contributed by atoms with E-state index < -0.39 is 65.3 Å². The van der Waals surface area contributed by atoms with Crippen LogP contribution in [0.25, 0.3) is 0 Å². The molecular weight excluding hydrogens is 665 g/mol. The van der Waals surface area contributed by atoms with E-state index in [1.807, 2.05) is 41.5 Å². The summed E-state index contributed by atoms with van der Waals surface area (Å²) in [5.41, 5.74) is -0.254. The Morgan fingerprint density at radius 1 is 0.756 bits per heavy atom. The lowest BCUT2D eigenvalue weighted by Crippen LogP contribution is -2.35. The minimum atomic E-state index is -4.24. The van der Waals surface area contributed by atoms with Gasteiger partial charge in [0.2, 0.25) is 11.8 Å². The van der Waals surface area contributed by atoms with Gasteiger partial charge in [0, 0.05) is 35.7 Å². The van der Waals surface area contributed by atoms with Gasteiger partial charge in [0.05, 0.1) is 45.8 Å². The SMILES string of the molecule is CC(C)(C)Oc1cncc(C(SCCS(=O)(=O)O)C2CCCC(C(SCCS(=O)(=O)O)c3cncc(OC(C)(C)C)n3)C2=O)n1. The molecular formula is C28H42N4O9S4. The Labute approximate surface area is 274 Å². The van der Waals surface area contributed by atoms with Crippen molar-refractivity contribution in [3.8, 4) is 11.8 Å². The van der Waals surface area contributed by atoms with Gasteiger partial charge in [0.25, 0.3) is 20.2 Å². The van der Waals surface area contributed by atoms with Crippen LogP contribution >= 0.6 is 23.5 Å². The molecule has 1 fully saturated rings. The van der Waals surface area contributed by atoms with Crippen molar-refractivity contribution in [2.24, 2.45) is 11.8 Å². The molecule has 4 atom stereocenters. The number of hydrogen-bond acceptors (Lipinski definition) is 13. The quantitative estimate of drug-likeness (QED) is 0.258. The molecule has 4 unspecified atom stereocenters. The molecule has 1 aliphatic rings. The van der Waals surface area contributed by atoms with Gasteiger partial charge < -0.3 is 9.47 Å². The molecule has 1 aliphatic carbocycles. The molecule has 0 saturated heterocycles. The predicted octanol–water partition coefficient (Wildman–Crippen LogP) is 4.63. The molecule has 252 valence electrons. The highest BCUT2D eigenvalue weighted by Gasteiger charge is 2.42. The summed E-state index contributed by atoms with van der Waals surface area (Å²) in [6.45, 7) is 11.2. The Morgan fingerprint density at radius 3 is 1.47 bits per heavy atom. The number of Topliss-reactive ketones (excluding diaryl/α,β-unsaturated/α-hetero) is 1. The number of carbonyl (C=O) groups excluding carboxylic acids is 1. The van der Waals surface area contributed by atoms with Crippen molar-refractivity contribution in [2.75, 3.05) is 23.0 Å². The fourth-order valence-corrected chi connectivity index (χ4v) is 9.36. The maximum Gasteiger partial charge on any atom is 0.265 e. The van der Waals surface area contributed by atoms with Gasteiger partial charge in [-0.2, -0.15) is 40.4 Å². The number of hydrogen-bond donors (Lipinski definition) is 2. The molecule has 0 radical (unpaired) electrons. The standard InChI is InChI=1S/C28H42N4O9S4/c1-27(2,3)40-22-16-29-14-20(31-22)25(42-10-12-44(34,35)36)18-8-7-9-19(24(18)33)26(43-11-13-45(37,38)39)21-15-30-17-23(32-21)41-28(4,5)6/h14-19,25-26H,7-13H2,1-6H3,(H,34,35,36)(H,37,38,39). The van der Waals surface area contributed by atoms with Crippen LogP contribution in [0.4, 0.5) is 0 Å². The van der Waals surface area contributed by atoms with Gasteiger partial charge in [-0.3, -0.25) is 23.9 Å². The van der Waals surface area contributed by atoms with E-state index in [0.717, 1.165) is 0 Å². The highest BCUT2D eigenvalue weighted by molar-refractivity contribution is 8.00. The second-order valence-corrected chi connectivity index (χ2v) is 18.3. The second-order valence-electron chi connectivity index (χ2n) is 12.7. The molecule has 45 heavy (non-hydrogen) atoms. The fourth-order valence-electron chi connectivity index (χ4n) is 4.82. The molecule has 2 aromatic rings. The first-order chi connectivity index (χ1) is 20.7. The topological polar surface area (TPSA) is 196 Å². The lowest BCUT2D eigenvalue weighted by Gasteiger charge is -2.36. The minimum Gasteiger partial charge on any atom is -0.471 e. The lowest BCUT2D eigenvalue weighted by atomic mass is 9.76. The molecule has 2 heterocycles. The van der Waals surface area contributed by atoms with Crippen LogP contribution in [0.2, 0.25) is 0 Å². The maximum atomic E-state index is 14.4. The van der Waals surface area contributed by atoms with Crippen molar-refractivity contribution in [3.63, 3.8) is 0 Å². The van der Waals surface area contributed by atoms with Gasteiger partial charge in [-0.1, -0.05) is 6.42 Å². The van der Waals surface area contributed by atoms with E-state index in [2.05, 4.69) is 19.9 Å². The number of ether oxygens (including phenoxy) is 2. The Hall–Kier alpha value is -2.05. The highest BCUT2D eigenvalue weighted by atomic mass is 32.2. The molecule has 0 aliphatic heterocycles. The summed E-state index contributed by atoms with van der Waals surface area (Å²) in [7, 11) is -8.49. The largest absolute Gasteiger partial charge is 0.471 e. The van der Waals surface area contributed by atoms with Crippen molar-refractivity contribution in [2.45, 2.75) is 82.5 Å². The highest BCUT2D eigenvalue weighted by Crippen LogP contribution is 2.48. The van der Waals surface area contributed by atoms with Crippen LogP contribution in [0.3, 0.4) is 0 Å². The average Bonchev–Trinajstić information content (AvgIpc) is 2.87. The molecule has 0 amide bonds. The van der Waals surface area contributed by atoms with Crippen molar-refractivity contribution in [1.82, 2.24) is 19.9 Å². The monoisotopic (exact) mass is 706 g/mol. The van der Waals surface area contributed by atoms with Crippen LogP contribution in [-0.2, 0) is 25.0 Å². The third kappa shape index (κ3) is 12.9. The number of nitrogens with zero attached hydrogens (tertiary/aromatic N) is 4. The van der Waals surface area contributed by atoms with Gasteiger partial charge in [-0.05, 0) is 54.4 Å². The molecule has 13 nitrogen and oxygen atoms in total. The number of thioether (sulfide) groups is 2. The molecule has 17 heteroatoms. The first-order valence-electron chi connectivity index (χ1n) is 14.4. The number of aromatic nitrogens is 4. The van der Waals surface area contributed by atoms with Crippen LogP contribution < -0.4 is 9.47 Å². The van der Waals surface area contributed by atoms with E-state index in [1.54, 1.807) is 0 Å². The van der Waals surface area contributed by atoms with Crippen LogP contribution in [0, 0.1) is 11.8 Å². The molecule has 0 bridgehead atoms. The van der Waals surface area contributed by atoms with Crippen LogP contribution in [0.5, 0.6) is 11.8 Å². The molecule has 2 N–H and O–H groups in total. The van der Waals surface area contributed by atoms with Gasteiger partial charge in [0.1, 0.15) is 17.0 Å². The first-order valence-corrected chi connectivity index (χ1v) is 19.7. The average molecular weight is 707 g/mol. The number of carbonyl (C=O) groups is 1. The third-order valence-corrected chi connectivity index (χ3v) is 11.1. The van der Waals surface area contributed by atoms with E-state index in [1.165, 1.54) is 48.3 Å². The number of rotatable bonds is 14. The summed E-state index contributed by atoms with van der Waals surface area (Å²) in [5, 5.41) is -1.22. The Balaban J connectivity index is 2.00. The van der Waals surface area contributed by atoms with E-state index >= 15 is 0 Å². The van der Waals surface area contributed by atoms with Crippen LogP contribution in [0.15, 0.2) is 24.8 Å². The fraction of sp³-hybridized carbons (Fsp3) is 0.679. The van der Waals surface area contributed by atoms with Crippen molar-refractivity contribution >= 4 is 49.5 Å².